The van der Waals surface area contributed by atoms with Gasteiger partial charge in [-0.2, -0.15) is 0 Å². The van der Waals surface area contributed by atoms with E-state index in [2.05, 4.69) is 5.32 Å². The van der Waals surface area contributed by atoms with Gasteiger partial charge in [-0.05, 0) is 42.0 Å². The van der Waals surface area contributed by atoms with Gasteiger partial charge in [-0.3, -0.25) is 33.9 Å². The lowest BCUT2D eigenvalue weighted by Crippen LogP contribution is -2.33. The number of hydrogen-bond donors (Lipinski definition) is 1. The van der Waals surface area contributed by atoms with Crippen molar-refractivity contribution in [1.82, 2.24) is 4.57 Å². The van der Waals surface area contributed by atoms with Crippen LogP contribution in [0.4, 0.5) is 17.1 Å². The number of benzene rings is 3. The molecule has 2 aliphatic heterocycles. The van der Waals surface area contributed by atoms with E-state index in [1.54, 1.807) is 48.5 Å². The third-order valence-corrected chi connectivity index (χ3v) is 9.81. The third kappa shape index (κ3) is 4.83. The number of nitro groups is 1. The molecule has 13 heteroatoms. The average Bonchev–Trinajstić information content (AvgIpc) is 3.40. The molecule has 3 heterocycles. The van der Waals surface area contributed by atoms with E-state index in [-0.39, 0.29) is 22.8 Å². The Balaban J connectivity index is 1.40. The highest BCUT2D eigenvalue weighted by atomic mass is 35.5. The van der Waals surface area contributed by atoms with Gasteiger partial charge < -0.3 is 5.32 Å². The maximum absolute atomic E-state index is 13.9. The maximum Gasteiger partial charge on any atom is 0.308 e. The number of thiazole rings is 1. The molecule has 206 valence electrons. The van der Waals surface area contributed by atoms with Gasteiger partial charge in [-0.15, -0.1) is 0 Å². The predicted molar refractivity (Wildman–Crippen MR) is 156 cm³/mol. The zero-order chi connectivity index (χ0) is 28.8. The molecule has 1 fully saturated rings. The highest BCUT2D eigenvalue weighted by molar-refractivity contribution is 8.00. The zero-order valence-corrected chi connectivity index (χ0v) is 23.3. The predicted octanol–water partition coefficient (Wildman–Crippen LogP) is 4.91. The lowest BCUT2D eigenvalue weighted by atomic mass is 9.83. The fourth-order valence-corrected chi connectivity index (χ4v) is 8.03. The molecular weight excluding hydrogens is 588 g/mol. The summed E-state index contributed by atoms with van der Waals surface area (Å²) in [5.41, 5.74) is 1.33. The SMILES string of the molecule is O=C(Cn1c2c(sc1=O)[C@@H](c1ccc(Cl)cc1)C1C(=O)N(c3ccc([N+](=O)[O-])cc3)C(=O)C1S2)Nc1ccccc1. The number of nitro benzene ring substituents is 1. The standard InChI is InChI=1S/C28H19ClN4O6S2/c29-16-8-6-15(7-9-16)21-22-23(26(36)32(25(22)35)18-10-12-19(13-11-18)33(38)39)40-27-24(21)41-28(37)31(27)14-20(34)30-17-4-2-1-3-5-17/h1-13,21-23H,14H2,(H,30,34)/t21-,22?,23?/m0/s1. The second-order valence-electron chi connectivity index (χ2n) is 9.42. The Labute approximate surface area is 245 Å². The Morgan fingerprint density at radius 1 is 0.951 bits per heavy atom. The minimum absolute atomic E-state index is 0.168. The molecule has 4 aromatic rings. The van der Waals surface area contributed by atoms with Crippen molar-refractivity contribution < 1.29 is 19.3 Å². The summed E-state index contributed by atoms with van der Waals surface area (Å²) in [7, 11) is 0. The van der Waals surface area contributed by atoms with Crippen molar-refractivity contribution in [2.75, 3.05) is 10.2 Å². The van der Waals surface area contributed by atoms with Crippen molar-refractivity contribution in [2.45, 2.75) is 22.7 Å². The van der Waals surface area contributed by atoms with Crippen LogP contribution in [0, 0.1) is 16.0 Å². The highest BCUT2D eigenvalue weighted by Crippen LogP contribution is 2.54. The Morgan fingerprint density at radius 2 is 1.63 bits per heavy atom. The quantitative estimate of drug-likeness (QED) is 0.187. The molecule has 6 rings (SSSR count). The first kappa shape index (κ1) is 26.9. The lowest BCUT2D eigenvalue weighted by Gasteiger charge is -2.30. The van der Waals surface area contributed by atoms with Crippen LogP contribution in [0.5, 0.6) is 0 Å². The molecule has 0 spiro atoms. The van der Waals surface area contributed by atoms with Gasteiger partial charge in [-0.25, -0.2) is 4.90 Å². The molecule has 3 aromatic carbocycles. The van der Waals surface area contributed by atoms with Crippen LogP contribution in [0.2, 0.25) is 5.02 Å². The summed E-state index contributed by atoms with van der Waals surface area (Å²) in [4.78, 5) is 65.6. The topological polar surface area (TPSA) is 132 Å². The molecule has 0 aliphatic carbocycles. The van der Waals surface area contributed by atoms with E-state index < -0.39 is 39.7 Å². The molecule has 3 atom stereocenters. The van der Waals surface area contributed by atoms with E-state index in [9.17, 15) is 29.3 Å². The van der Waals surface area contributed by atoms with Crippen molar-refractivity contribution in [2.24, 2.45) is 5.92 Å². The minimum Gasteiger partial charge on any atom is -0.325 e. The van der Waals surface area contributed by atoms with Crippen LogP contribution in [-0.2, 0) is 20.9 Å². The molecular formula is C28H19ClN4O6S2. The molecule has 41 heavy (non-hydrogen) atoms. The van der Waals surface area contributed by atoms with Crippen molar-refractivity contribution >= 4 is 69.5 Å². The largest absolute Gasteiger partial charge is 0.325 e. The number of aromatic nitrogens is 1. The van der Waals surface area contributed by atoms with E-state index in [4.69, 9.17) is 11.6 Å². The molecule has 0 radical (unpaired) electrons. The smallest absolute Gasteiger partial charge is 0.308 e. The fourth-order valence-electron chi connectivity index (χ4n) is 5.13. The van der Waals surface area contributed by atoms with Crippen LogP contribution in [0.15, 0.2) is 88.7 Å². The van der Waals surface area contributed by atoms with Gasteiger partial charge in [0.25, 0.3) is 5.69 Å². The zero-order valence-electron chi connectivity index (χ0n) is 20.9. The van der Waals surface area contributed by atoms with E-state index in [0.29, 0.717) is 26.2 Å². The van der Waals surface area contributed by atoms with E-state index >= 15 is 0 Å². The summed E-state index contributed by atoms with van der Waals surface area (Å²) < 4.78 is 1.34. The summed E-state index contributed by atoms with van der Waals surface area (Å²) in [6, 6.07) is 20.9. The molecule has 1 N–H and O–H groups in total. The number of non-ortho nitro benzene ring substituents is 1. The monoisotopic (exact) mass is 606 g/mol. The molecule has 10 nitrogen and oxygen atoms in total. The van der Waals surface area contributed by atoms with Crippen LogP contribution in [0.3, 0.4) is 0 Å². The normalized spacial score (nSPS) is 19.5. The third-order valence-electron chi connectivity index (χ3n) is 6.96. The van der Waals surface area contributed by atoms with Gasteiger partial charge in [-0.1, -0.05) is 65.0 Å². The first-order valence-electron chi connectivity index (χ1n) is 12.4. The summed E-state index contributed by atoms with van der Waals surface area (Å²) in [5.74, 6) is -2.88. The number of hydrogen-bond acceptors (Lipinski definition) is 8. The van der Waals surface area contributed by atoms with E-state index in [1.807, 2.05) is 6.07 Å². The Hall–Kier alpha value is -4.26. The van der Waals surface area contributed by atoms with Crippen molar-refractivity contribution in [1.29, 1.82) is 0 Å². The Kier molecular flexibility index (Phi) is 6.98. The van der Waals surface area contributed by atoms with Gasteiger partial charge in [0.2, 0.25) is 17.7 Å². The van der Waals surface area contributed by atoms with Crippen molar-refractivity contribution in [3.8, 4) is 0 Å². The summed E-state index contributed by atoms with van der Waals surface area (Å²) >= 11 is 8.16. The number of halogens is 1. The van der Waals surface area contributed by atoms with Crippen LogP contribution >= 0.6 is 34.7 Å². The summed E-state index contributed by atoms with van der Waals surface area (Å²) in [6.07, 6.45) is 0. The molecule has 0 bridgehead atoms. The number of thioether (sulfide) groups is 1. The molecule has 0 saturated carbocycles. The first-order valence-corrected chi connectivity index (χ1v) is 14.4. The van der Waals surface area contributed by atoms with Crippen LogP contribution in [0.25, 0.3) is 0 Å². The number of nitrogens with one attached hydrogen (secondary N) is 1. The highest BCUT2D eigenvalue weighted by Gasteiger charge is 2.56. The molecule has 3 amide bonds. The number of nitrogens with zero attached hydrogens (tertiary/aromatic N) is 3. The summed E-state index contributed by atoms with van der Waals surface area (Å²) in [5, 5.41) is 13.9. The Bertz CT molecular complexity index is 1760. The number of anilines is 2. The van der Waals surface area contributed by atoms with Crippen LogP contribution in [-0.4, -0.2) is 32.5 Å². The van der Waals surface area contributed by atoms with Gasteiger partial charge in [0, 0.05) is 33.6 Å². The van der Waals surface area contributed by atoms with E-state index in [0.717, 1.165) is 28.0 Å². The molecule has 1 aromatic heterocycles. The lowest BCUT2D eigenvalue weighted by molar-refractivity contribution is -0.384. The second-order valence-corrected chi connectivity index (χ2v) is 12.0. The van der Waals surface area contributed by atoms with Gasteiger partial charge in [0.15, 0.2) is 0 Å². The second kappa shape index (κ2) is 10.6. The van der Waals surface area contributed by atoms with Gasteiger partial charge in [0.05, 0.1) is 21.6 Å². The number of rotatable bonds is 6. The van der Waals surface area contributed by atoms with Crippen LogP contribution < -0.4 is 15.1 Å². The number of carbonyl (C=O) groups is 3. The fraction of sp³-hybridized carbons (Fsp3) is 0.143. The maximum atomic E-state index is 13.9. The van der Waals surface area contributed by atoms with E-state index in [1.165, 1.54) is 28.8 Å². The summed E-state index contributed by atoms with van der Waals surface area (Å²) in [6.45, 7) is -0.272. The average molecular weight is 607 g/mol. The number of amides is 3. The molecule has 2 aliphatic rings. The van der Waals surface area contributed by atoms with Crippen molar-refractivity contribution in [3.05, 3.63) is 114 Å². The molecule has 2 unspecified atom stereocenters. The van der Waals surface area contributed by atoms with Crippen LogP contribution in [0.1, 0.15) is 16.4 Å². The van der Waals surface area contributed by atoms with Gasteiger partial charge in [0.1, 0.15) is 11.8 Å². The number of carbonyl (C=O) groups excluding carboxylic acids is 3. The Morgan fingerprint density at radius 3 is 2.29 bits per heavy atom. The van der Waals surface area contributed by atoms with Gasteiger partial charge >= 0.3 is 4.87 Å². The first-order chi connectivity index (χ1) is 19.7. The molecule has 1 saturated heterocycles. The number of imide groups is 1. The number of fused-ring (bicyclic) bond motifs is 2. The minimum atomic E-state index is -0.886. The number of para-hydroxylation sites is 1. The van der Waals surface area contributed by atoms with Crippen molar-refractivity contribution in [3.63, 3.8) is 0 Å².